The van der Waals surface area contributed by atoms with Gasteiger partial charge in [-0.15, -0.1) is 0 Å². The van der Waals surface area contributed by atoms with Crippen LogP contribution in [-0.4, -0.2) is 56.8 Å². The predicted molar refractivity (Wildman–Crippen MR) is 63.1 cm³/mol. The van der Waals surface area contributed by atoms with Crippen LogP contribution in [0.15, 0.2) is 0 Å². The van der Waals surface area contributed by atoms with E-state index in [1.165, 1.54) is 0 Å². The van der Waals surface area contributed by atoms with Crippen molar-refractivity contribution in [2.24, 2.45) is 11.3 Å². The smallest absolute Gasteiger partial charge is 0.311 e. The number of aliphatic hydroxyl groups excluding tert-OH is 3. The molecule has 0 radical (unpaired) electrons. The summed E-state index contributed by atoms with van der Waals surface area (Å²) in [4.78, 5) is 22.7. The number of esters is 1. The standard InChI is InChI=1S/C12H20O7/c1-12(2,3)11(18)19-6-4-5(10(16)17)7(13)9(15)8(6)14/h5-9,13-15H,4H2,1-3H3,(H,16,17)/t5-,6+,7+,8-,9-/m0/s1. The van der Waals surface area contributed by atoms with Crippen molar-refractivity contribution < 1.29 is 34.8 Å². The minimum atomic E-state index is -1.66. The Balaban J connectivity index is 2.83. The number of rotatable bonds is 2. The second-order valence-electron chi connectivity index (χ2n) is 5.85. The Kier molecular flexibility index (Phi) is 4.54. The lowest BCUT2D eigenvalue weighted by Crippen LogP contribution is -2.56. The maximum absolute atomic E-state index is 11.7. The first kappa shape index (κ1) is 15.9. The van der Waals surface area contributed by atoms with Crippen LogP contribution >= 0.6 is 0 Å². The van der Waals surface area contributed by atoms with Crippen LogP contribution in [0.1, 0.15) is 27.2 Å². The Bertz CT molecular complexity index is 360. The molecule has 0 unspecified atom stereocenters. The van der Waals surface area contributed by atoms with Gasteiger partial charge in [0.05, 0.1) is 17.4 Å². The van der Waals surface area contributed by atoms with E-state index < -0.39 is 47.7 Å². The predicted octanol–water partition coefficient (Wildman–Crippen LogP) is -0.869. The number of carbonyl (C=O) groups excluding carboxylic acids is 1. The van der Waals surface area contributed by atoms with Gasteiger partial charge in [-0.2, -0.15) is 0 Å². The van der Waals surface area contributed by atoms with Crippen molar-refractivity contribution in [3.63, 3.8) is 0 Å². The minimum absolute atomic E-state index is 0.240. The third-order valence-electron chi connectivity index (χ3n) is 3.17. The summed E-state index contributed by atoms with van der Waals surface area (Å²) in [5.41, 5.74) is -0.806. The van der Waals surface area contributed by atoms with Crippen LogP contribution in [0, 0.1) is 11.3 Å². The number of carboxylic acids is 1. The van der Waals surface area contributed by atoms with E-state index in [1.807, 2.05) is 0 Å². The Morgan fingerprint density at radius 1 is 1.05 bits per heavy atom. The molecule has 0 spiro atoms. The van der Waals surface area contributed by atoms with E-state index in [4.69, 9.17) is 9.84 Å². The summed E-state index contributed by atoms with van der Waals surface area (Å²) in [5, 5.41) is 37.8. The fourth-order valence-electron chi connectivity index (χ4n) is 1.87. The molecule has 7 heteroatoms. The molecule has 0 bridgehead atoms. The first-order valence-corrected chi connectivity index (χ1v) is 6.03. The van der Waals surface area contributed by atoms with E-state index in [0.29, 0.717) is 0 Å². The van der Waals surface area contributed by atoms with Crippen molar-refractivity contribution in [1.82, 2.24) is 0 Å². The number of hydrogen-bond acceptors (Lipinski definition) is 6. The molecule has 1 aliphatic carbocycles. The number of aliphatic hydroxyl groups is 3. The van der Waals surface area contributed by atoms with E-state index in [0.717, 1.165) is 0 Å². The molecule has 7 nitrogen and oxygen atoms in total. The van der Waals surface area contributed by atoms with Gasteiger partial charge in [-0.1, -0.05) is 0 Å². The van der Waals surface area contributed by atoms with Gasteiger partial charge in [0, 0.05) is 6.42 Å². The van der Waals surface area contributed by atoms with Crippen LogP contribution in [0.2, 0.25) is 0 Å². The van der Waals surface area contributed by atoms with E-state index in [-0.39, 0.29) is 6.42 Å². The van der Waals surface area contributed by atoms with Gasteiger partial charge >= 0.3 is 11.9 Å². The van der Waals surface area contributed by atoms with Crippen molar-refractivity contribution in [1.29, 1.82) is 0 Å². The van der Waals surface area contributed by atoms with Gasteiger partial charge in [-0.3, -0.25) is 9.59 Å². The summed E-state index contributed by atoms with van der Waals surface area (Å²) < 4.78 is 5.04. The molecule has 0 aromatic heterocycles. The van der Waals surface area contributed by atoms with E-state index in [9.17, 15) is 24.9 Å². The van der Waals surface area contributed by atoms with Crippen LogP contribution in [0.4, 0.5) is 0 Å². The van der Waals surface area contributed by atoms with Crippen molar-refractivity contribution >= 4 is 11.9 Å². The third kappa shape index (κ3) is 3.43. The number of ether oxygens (including phenoxy) is 1. The van der Waals surface area contributed by atoms with Gasteiger partial charge in [-0.25, -0.2) is 0 Å². The van der Waals surface area contributed by atoms with Gasteiger partial charge in [0.2, 0.25) is 0 Å². The molecule has 1 aliphatic rings. The second-order valence-corrected chi connectivity index (χ2v) is 5.85. The summed E-state index contributed by atoms with van der Waals surface area (Å²) in [6.07, 6.45) is -6.14. The molecule has 19 heavy (non-hydrogen) atoms. The number of carbonyl (C=O) groups is 2. The Labute approximate surface area is 110 Å². The number of hydrogen-bond donors (Lipinski definition) is 4. The molecule has 110 valence electrons. The average molecular weight is 276 g/mol. The zero-order valence-corrected chi connectivity index (χ0v) is 11.1. The maximum Gasteiger partial charge on any atom is 0.311 e. The lowest BCUT2D eigenvalue weighted by atomic mass is 9.80. The normalized spacial score (nSPS) is 35.8. The highest BCUT2D eigenvalue weighted by atomic mass is 16.6. The molecule has 1 saturated carbocycles. The van der Waals surface area contributed by atoms with E-state index in [1.54, 1.807) is 20.8 Å². The fourth-order valence-corrected chi connectivity index (χ4v) is 1.87. The lowest BCUT2D eigenvalue weighted by Gasteiger charge is -2.38. The first-order valence-electron chi connectivity index (χ1n) is 6.03. The highest BCUT2D eigenvalue weighted by Crippen LogP contribution is 2.30. The van der Waals surface area contributed by atoms with Crippen molar-refractivity contribution in [2.45, 2.75) is 51.6 Å². The summed E-state index contributed by atoms with van der Waals surface area (Å²) in [6.45, 7) is 4.85. The molecule has 0 heterocycles. The molecule has 0 aromatic carbocycles. The second kappa shape index (κ2) is 5.44. The molecule has 4 N–H and O–H groups in total. The van der Waals surface area contributed by atoms with Gasteiger partial charge in [0.15, 0.2) is 0 Å². The van der Waals surface area contributed by atoms with Crippen LogP contribution in [-0.2, 0) is 14.3 Å². The molecule has 0 aromatic rings. The van der Waals surface area contributed by atoms with Crippen molar-refractivity contribution in [3.8, 4) is 0 Å². The topological polar surface area (TPSA) is 124 Å². The highest BCUT2D eigenvalue weighted by Gasteiger charge is 2.47. The maximum atomic E-state index is 11.7. The molecule has 5 atom stereocenters. The molecular weight excluding hydrogens is 256 g/mol. The van der Waals surface area contributed by atoms with E-state index >= 15 is 0 Å². The Hall–Kier alpha value is -1.18. The first-order chi connectivity index (χ1) is 8.55. The molecule has 1 rings (SSSR count). The number of aliphatic carboxylic acids is 1. The highest BCUT2D eigenvalue weighted by molar-refractivity contribution is 5.76. The Morgan fingerprint density at radius 2 is 1.58 bits per heavy atom. The van der Waals surface area contributed by atoms with E-state index in [2.05, 4.69) is 0 Å². The largest absolute Gasteiger partial charge is 0.481 e. The minimum Gasteiger partial charge on any atom is -0.481 e. The quantitative estimate of drug-likeness (QED) is 0.483. The van der Waals surface area contributed by atoms with Gasteiger partial charge in [0.25, 0.3) is 0 Å². The van der Waals surface area contributed by atoms with Crippen LogP contribution in [0.5, 0.6) is 0 Å². The zero-order valence-electron chi connectivity index (χ0n) is 11.1. The van der Waals surface area contributed by atoms with Gasteiger partial charge in [0.1, 0.15) is 18.3 Å². The molecule has 0 amide bonds. The number of carboxylic acid groups (broad SMARTS) is 1. The molecule has 0 saturated heterocycles. The van der Waals surface area contributed by atoms with Crippen molar-refractivity contribution in [3.05, 3.63) is 0 Å². The van der Waals surface area contributed by atoms with Crippen molar-refractivity contribution in [2.75, 3.05) is 0 Å². The molecule has 1 fully saturated rings. The molecular formula is C12H20O7. The van der Waals surface area contributed by atoms with Crippen LogP contribution < -0.4 is 0 Å². The van der Waals surface area contributed by atoms with Crippen LogP contribution in [0.3, 0.4) is 0 Å². The fraction of sp³-hybridized carbons (Fsp3) is 0.833. The average Bonchev–Trinajstić information content (AvgIpc) is 2.28. The summed E-state index contributed by atoms with van der Waals surface area (Å²) >= 11 is 0. The third-order valence-corrected chi connectivity index (χ3v) is 3.17. The summed E-state index contributed by atoms with van der Waals surface area (Å²) in [6, 6.07) is 0. The Morgan fingerprint density at radius 3 is 2.00 bits per heavy atom. The SMILES string of the molecule is CC(C)(C)C(=O)O[C@@H]1C[C@H](C(=O)O)[C@@H](O)[C@H](O)[C@H]1O. The summed E-state index contributed by atoms with van der Waals surface area (Å²) in [5.74, 6) is -3.20. The molecule has 0 aliphatic heterocycles. The van der Waals surface area contributed by atoms with Crippen LogP contribution in [0.25, 0.3) is 0 Å². The lowest BCUT2D eigenvalue weighted by molar-refractivity contribution is -0.197. The summed E-state index contributed by atoms with van der Waals surface area (Å²) in [7, 11) is 0. The van der Waals surface area contributed by atoms with Gasteiger partial charge < -0.3 is 25.2 Å². The monoisotopic (exact) mass is 276 g/mol. The van der Waals surface area contributed by atoms with Gasteiger partial charge in [-0.05, 0) is 20.8 Å². The zero-order chi connectivity index (χ0) is 15.0.